The van der Waals surface area contributed by atoms with Gasteiger partial charge in [-0.05, 0) is 42.0 Å². The first-order valence-corrected chi connectivity index (χ1v) is 7.32. The maximum atomic E-state index is 4.16. The molecule has 1 aliphatic rings. The maximum absolute atomic E-state index is 4.16. The Kier molecular flexibility index (Phi) is 4.77. The Morgan fingerprint density at radius 2 is 2.47 bits per heavy atom. The van der Waals surface area contributed by atoms with Gasteiger partial charge in [-0.1, -0.05) is 13.5 Å². The Labute approximate surface area is 108 Å². The van der Waals surface area contributed by atoms with Gasteiger partial charge in [-0.25, -0.2) is 0 Å². The topological polar surface area (TPSA) is 15.3 Å². The lowest BCUT2D eigenvalue weighted by molar-refractivity contribution is 0.276. The fourth-order valence-corrected chi connectivity index (χ4v) is 3.15. The summed E-state index contributed by atoms with van der Waals surface area (Å²) in [7, 11) is 0. The van der Waals surface area contributed by atoms with Crippen LogP contribution in [0.2, 0.25) is 0 Å². The number of thiophene rings is 1. The molecule has 0 fully saturated rings. The second-order valence-electron chi connectivity index (χ2n) is 4.76. The number of hydrogen-bond acceptors (Lipinski definition) is 3. The molecule has 1 aromatic heterocycles. The van der Waals surface area contributed by atoms with E-state index >= 15 is 0 Å². The van der Waals surface area contributed by atoms with Gasteiger partial charge in [-0.15, -0.1) is 11.3 Å². The Bertz CT molecular complexity index is 370. The van der Waals surface area contributed by atoms with Crippen LogP contribution >= 0.6 is 11.3 Å². The summed E-state index contributed by atoms with van der Waals surface area (Å²) in [5, 5.41) is 5.63. The van der Waals surface area contributed by atoms with Gasteiger partial charge in [-0.3, -0.25) is 4.90 Å². The lowest BCUT2D eigenvalue weighted by atomic mass is 10.1. The van der Waals surface area contributed by atoms with Crippen LogP contribution in [0.5, 0.6) is 0 Å². The molecule has 1 aliphatic heterocycles. The zero-order valence-electron chi connectivity index (χ0n) is 10.7. The summed E-state index contributed by atoms with van der Waals surface area (Å²) in [5.74, 6) is 0. The molecule has 2 heterocycles. The summed E-state index contributed by atoms with van der Waals surface area (Å²) in [6.45, 7) is 11.7. The lowest BCUT2D eigenvalue weighted by Crippen LogP contribution is -2.33. The van der Waals surface area contributed by atoms with Gasteiger partial charge in [0.25, 0.3) is 0 Å². The minimum absolute atomic E-state index is 0.959. The molecule has 0 aliphatic carbocycles. The van der Waals surface area contributed by atoms with Crippen LogP contribution in [-0.2, 0) is 13.0 Å². The largest absolute Gasteiger partial charge is 0.313 e. The van der Waals surface area contributed by atoms with Crippen molar-refractivity contribution < 1.29 is 0 Å². The van der Waals surface area contributed by atoms with Crippen molar-refractivity contribution >= 4 is 11.3 Å². The second-order valence-corrected chi connectivity index (χ2v) is 5.76. The van der Waals surface area contributed by atoms with E-state index in [1.807, 2.05) is 11.3 Å². The molecule has 0 aromatic carbocycles. The molecule has 3 heteroatoms. The molecule has 0 radical (unpaired) electrons. The van der Waals surface area contributed by atoms with Gasteiger partial charge >= 0.3 is 0 Å². The van der Waals surface area contributed by atoms with Crippen molar-refractivity contribution in [3.05, 3.63) is 34.0 Å². The fourth-order valence-electron chi connectivity index (χ4n) is 2.26. The number of fused-ring (bicyclic) bond motifs is 1. The minimum Gasteiger partial charge on any atom is -0.313 e. The van der Waals surface area contributed by atoms with E-state index < -0.39 is 0 Å². The molecule has 0 spiro atoms. The first-order chi connectivity index (χ1) is 8.29. The zero-order chi connectivity index (χ0) is 12.1. The van der Waals surface area contributed by atoms with Gasteiger partial charge in [0.05, 0.1) is 0 Å². The van der Waals surface area contributed by atoms with Gasteiger partial charge in [0.2, 0.25) is 0 Å². The third-order valence-corrected chi connectivity index (χ3v) is 4.16. The van der Waals surface area contributed by atoms with Crippen LogP contribution in [0.3, 0.4) is 0 Å². The Morgan fingerprint density at radius 1 is 1.59 bits per heavy atom. The summed E-state index contributed by atoms with van der Waals surface area (Å²) in [4.78, 5) is 4.08. The number of rotatable bonds is 6. The maximum Gasteiger partial charge on any atom is 0.0248 e. The van der Waals surface area contributed by atoms with Crippen molar-refractivity contribution in [1.82, 2.24) is 10.2 Å². The van der Waals surface area contributed by atoms with Crippen molar-refractivity contribution in [2.45, 2.75) is 26.3 Å². The molecule has 94 valence electrons. The average Bonchev–Trinajstić information content (AvgIpc) is 2.76. The van der Waals surface area contributed by atoms with E-state index in [9.17, 15) is 0 Å². The predicted molar refractivity (Wildman–Crippen MR) is 75.6 cm³/mol. The smallest absolute Gasteiger partial charge is 0.0248 e. The molecule has 0 atom stereocenters. The van der Waals surface area contributed by atoms with Crippen LogP contribution in [-0.4, -0.2) is 31.1 Å². The number of hydrogen-bond donors (Lipinski definition) is 1. The summed E-state index contributed by atoms with van der Waals surface area (Å²) in [6, 6.07) is 2.27. The van der Waals surface area contributed by atoms with Crippen LogP contribution < -0.4 is 5.32 Å². The van der Waals surface area contributed by atoms with E-state index in [0.29, 0.717) is 0 Å². The molecule has 0 amide bonds. The number of nitrogens with one attached hydrogen (secondary N) is 1. The molecule has 0 saturated carbocycles. The van der Waals surface area contributed by atoms with Gasteiger partial charge < -0.3 is 5.32 Å². The monoisotopic (exact) mass is 250 g/mol. The van der Waals surface area contributed by atoms with Crippen LogP contribution in [0.25, 0.3) is 0 Å². The van der Waals surface area contributed by atoms with Crippen molar-refractivity contribution in [2.24, 2.45) is 0 Å². The summed E-state index contributed by atoms with van der Waals surface area (Å²) in [5.41, 5.74) is 2.83. The first-order valence-electron chi connectivity index (χ1n) is 6.44. The van der Waals surface area contributed by atoms with E-state index in [0.717, 1.165) is 26.2 Å². The highest BCUT2D eigenvalue weighted by atomic mass is 32.1. The molecule has 0 unspecified atom stereocenters. The van der Waals surface area contributed by atoms with E-state index in [-0.39, 0.29) is 0 Å². The Hall–Kier alpha value is -0.640. The van der Waals surface area contributed by atoms with Crippen LogP contribution in [0.15, 0.2) is 23.6 Å². The predicted octanol–water partition coefficient (Wildman–Crippen LogP) is 2.66. The molecule has 0 saturated heterocycles. The first kappa shape index (κ1) is 12.8. The van der Waals surface area contributed by atoms with Crippen LogP contribution in [0, 0.1) is 0 Å². The third-order valence-electron chi connectivity index (χ3n) is 3.14. The second kappa shape index (κ2) is 6.34. The SMILES string of the molecule is C=C(CNCCC)CN1CCc2sccc2C1. The molecule has 17 heavy (non-hydrogen) atoms. The molecular weight excluding hydrogens is 228 g/mol. The fraction of sp³-hybridized carbons (Fsp3) is 0.571. The standard InChI is InChI=1S/C14H22N2S/c1-3-6-15-9-12(2)10-16-7-4-14-13(11-16)5-8-17-14/h5,8,15H,2-4,6-7,9-11H2,1H3. The Morgan fingerprint density at radius 3 is 3.29 bits per heavy atom. The van der Waals surface area contributed by atoms with Crippen LogP contribution in [0.4, 0.5) is 0 Å². The van der Waals surface area contributed by atoms with Gasteiger partial charge in [0.15, 0.2) is 0 Å². The lowest BCUT2D eigenvalue weighted by Gasteiger charge is -2.27. The van der Waals surface area contributed by atoms with E-state index in [1.165, 1.54) is 30.5 Å². The molecular formula is C14H22N2S. The highest BCUT2D eigenvalue weighted by Crippen LogP contribution is 2.24. The van der Waals surface area contributed by atoms with Crippen molar-refractivity contribution in [3.63, 3.8) is 0 Å². The molecule has 2 nitrogen and oxygen atoms in total. The van der Waals surface area contributed by atoms with E-state index in [2.05, 4.69) is 35.2 Å². The number of nitrogens with zero attached hydrogens (tertiary/aromatic N) is 1. The quantitative estimate of drug-likeness (QED) is 0.617. The normalized spacial score (nSPS) is 15.8. The third kappa shape index (κ3) is 3.66. The average molecular weight is 250 g/mol. The van der Waals surface area contributed by atoms with Crippen LogP contribution in [0.1, 0.15) is 23.8 Å². The summed E-state index contributed by atoms with van der Waals surface area (Å²) in [6.07, 6.45) is 2.40. The van der Waals surface area contributed by atoms with E-state index in [4.69, 9.17) is 0 Å². The molecule has 0 bridgehead atoms. The highest BCUT2D eigenvalue weighted by molar-refractivity contribution is 7.10. The highest BCUT2D eigenvalue weighted by Gasteiger charge is 2.17. The summed E-state index contributed by atoms with van der Waals surface area (Å²) < 4.78 is 0. The van der Waals surface area contributed by atoms with Crippen molar-refractivity contribution in [3.8, 4) is 0 Å². The van der Waals surface area contributed by atoms with Gasteiger partial charge in [0.1, 0.15) is 0 Å². The van der Waals surface area contributed by atoms with E-state index in [1.54, 1.807) is 4.88 Å². The minimum atomic E-state index is 0.959. The summed E-state index contributed by atoms with van der Waals surface area (Å²) >= 11 is 1.90. The molecule has 1 N–H and O–H groups in total. The van der Waals surface area contributed by atoms with Gasteiger partial charge in [-0.2, -0.15) is 0 Å². The van der Waals surface area contributed by atoms with Crippen molar-refractivity contribution in [2.75, 3.05) is 26.2 Å². The van der Waals surface area contributed by atoms with Gasteiger partial charge in [0, 0.05) is 31.1 Å². The van der Waals surface area contributed by atoms with Crippen molar-refractivity contribution in [1.29, 1.82) is 0 Å². The zero-order valence-corrected chi connectivity index (χ0v) is 11.5. The molecule has 1 aromatic rings. The Balaban J connectivity index is 1.76. The molecule has 2 rings (SSSR count).